The summed E-state index contributed by atoms with van der Waals surface area (Å²) in [6, 6.07) is 22.8. The lowest BCUT2D eigenvalue weighted by molar-refractivity contribution is -0.123. The van der Waals surface area contributed by atoms with E-state index in [1.807, 2.05) is 77.4 Å². The monoisotopic (exact) mass is 443 g/mol. The first-order chi connectivity index (χ1) is 16.2. The van der Waals surface area contributed by atoms with E-state index in [9.17, 15) is 4.79 Å². The van der Waals surface area contributed by atoms with Gasteiger partial charge in [0.25, 0.3) is 0 Å². The van der Waals surface area contributed by atoms with Crippen LogP contribution in [0.25, 0.3) is 22.4 Å². The average molecular weight is 444 g/mol. The van der Waals surface area contributed by atoms with E-state index in [1.54, 1.807) is 14.2 Å². The Kier molecular flexibility index (Phi) is 6.93. The van der Waals surface area contributed by atoms with Crippen molar-refractivity contribution in [1.29, 1.82) is 0 Å². The van der Waals surface area contributed by atoms with Crippen LogP contribution in [0.5, 0.6) is 11.5 Å². The molecule has 6 nitrogen and oxygen atoms in total. The fourth-order valence-electron chi connectivity index (χ4n) is 4.10. The number of benzene rings is 3. The number of unbranched alkanes of at least 4 members (excludes halogenated alkanes) is 1. The lowest BCUT2D eigenvalue weighted by Crippen LogP contribution is -2.34. The van der Waals surface area contributed by atoms with Gasteiger partial charge in [-0.2, -0.15) is 0 Å². The minimum Gasteiger partial charge on any atom is -0.493 e. The summed E-state index contributed by atoms with van der Waals surface area (Å²) < 4.78 is 13.3. The molecule has 0 fully saturated rings. The van der Waals surface area contributed by atoms with Crippen LogP contribution in [-0.4, -0.2) is 36.2 Å². The maximum absolute atomic E-state index is 13.6. The highest BCUT2D eigenvalue weighted by Crippen LogP contribution is 2.40. The molecule has 0 saturated carbocycles. The summed E-state index contributed by atoms with van der Waals surface area (Å²) in [6.07, 6.45) is 1.94. The molecule has 4 rings (SSSR count). The van der Waals surface area contributed by atoms with Crippen LogP contribution in [0.2, 0.25) is 0 Å². The van der Waals surface area contributed by atoms with E-state index in [-0.39, 0.29) is 5.91 Å². The SMILES string of the molecule is CCCCNC(=O)C(c1ccccc1)n1c(-c2cccc(OC)c2OC)nc2ccccc21. The molecule has 0 aliphatic rings. The zero-order valence-corrected chi connectivity index (χ0v) is 19.2. The summed E-state index contributed by atoms with van der Waals surface area (Å²) in [5.41, 5.74) is 3.32. The number of amides is 1. The zero-order valence-electron chi connectivity index (χ0n) is 19.2. The fourth-order valence-corrected chi connectivity index (χ4v) is 4.10. The highest BCUT2D eigenvalue weighted by atomic mass is 16.5. The van der Waals surface area contributed by atoms with Crippen molar-refractivity contribution in [2.75, 3.05) is 20.8 Å². The molecule has 1 amide bonds. The number of para-hydroxylation sites is 3. The lowest BCUT2D eigenvalue weighted by atomic mass is 10.0. The molecule has 0 radical (unpaired) electrons. The Balaban J connectivity index is 1.97. The van der Waals surface area contributed by atoms with Crippen LogP contribution in [0.1, 0.15) is 31.4 Å². The molecular weight excluding hydrogens is 414 g/mol. The standard InChI is InChI=1S/C27H29N3O3/c1-4-5-18-28-27(31)24(19-12-7-6-8-13-19)30-22-16-10-9-15-21(22)29-26(30)20-14-11-17-23(32-2)25(20)33-3/h6-17,24H,4-5,18H2,1-3H3,(H,28,31). The number of carbonyl (C=O) groups is 1. The topological polar surface area (TPSA) is 65.4 Å². The number of hydrogen-bond donors (Lipinski definition) is 1. The van der Waals surface area contributed by atoms with Gasteiger partial charge in [0, 0.05) is 6.54 Å². The third-order valence-electron chi connectivity index (χ3n) is 5.69. The van der Waals surface area contributed by atoms with Crippen LogP contribution in [0, 0.1) is 0 Å². The van der Waals surface area contributed by atoms with E-state index < -0.39 is 6.04 Å². The molecule has 170 valence electrons. The Morgan fingerprint density at radius 3 is 2.45 bits per heavy atom. The molecule has 1 aromatic heterocycles. The first kappa shape index (κ1) is 22.4. The Morgan fingerprint density at radius 1 is 0.970 bits per heavy atom. The quantitative estimate of drug-likeness (QED) is 0.360. The van der Waals surface area contributed by atoms with E-state index >= 15 is 0 Å². The van der Waals surface area contributed by atoms with Crippen LogP contribution in [0.4, 0.5) is 0 Å². The summed E-state index contributed by atoms with van der Waals surface area (Å²) in [5, 5.41) is 3.12. The van der Waals surface area contributed by atoms with Gasteiger partial charge < -0.3 is 19.4 Å². The molecule has 3 aromatic carbocycles. The van der Waals surface area contributed by atoms with Crippen molar-refractivity contribution in [2.45, 2.75) is 25.8 Å². The summed E-state index contributed by atoms with van der Waals surface area (Å²) >= 11 is 0. The first-order valence-electron chi connectivity index (χ1n) is 11.2. The van der Waals surface area contributed by atoms with Crippen LogP contribution in [0.15, 0.2) is 72.8 Å². The minimum atomic E-state index is -0.596. The van der Waals surface area contributed by atoms with Crippen molar-refractivity contribution >= 4 is 16.9 Å². The Labute approximate surface area is 194 Å². The third-order valence-corrected chi connectivity index (χ3v) is 5.69. The summed E-state index contributed by atoms with van der Waals surface area (Å²) in [5.74, 6) is 1.76. The second-order valence-corrected chi connectivity index (χ2v) is 7.79. The number of nitrogens with one attached hydrogen (secondary N) is 1. The highest BCUT2D eigenvalue weighted by molar-refractivity contribution is 5.90. The van der Waals surface area contributed by atoms with E-state index in [0.29, 0.717) is 23.9 Å². The molecule has 0 aliphatic heterocycles. The molecule has 1 N–H and O–H groups in total. The average Bonchev–Trinajstić information content (AvgIpc) is 3.23. The largest absolute Gasteiger partial charge is 0.493 e. The molecule has 1 atom stereocenters. The highest BCUT2D eigenvalue weighted by Gasteiger charge is 2.29. The molecule has 33 heavy (non-hydrogen) atoms. The summed E-state index contributed by atoms with van der Waals surface area (Å²) in [6.45, 7) is 2.74. The van der Waals surface area contributed by atoms with E-state index in [0.717, 1.165) is 35.0 Å². The van der Waals surface area contributed by atoms with Gasteiger partial charge in [-0.15, -0.1) is 0 Å². The van der Waals surface area contributed by atoms with Gasteiger partial charge in [0.15, 0.2) is 11.5 Å². The molecule has 0 saturated heterocycles. The number of hydrogen-bond acceptors (Lipinski definition) is 4. The van der Waals surface area contributed by atoms with Crippen molar-refractivity contribution in [2.24, 2.45) is 0 Å². The van der Waals surface area contributed by atoms with E-state index in [2.05, 4.69) is 12.2 Å². The molecule has 1 heterocycles. The van der Waals surface area contributed by atoms with Gasteiger partial charge in [-0.05, 0) is 36.2 Å². The van der Waals surface area contributed by atoms with E-state index in [1.165, 1.54) is 0 Å². The normalized spacial score (nSPS) is 11.8. The van der Waals surface area contributed by atoms with Gasteiger partial charge in [-0.3, -0.25) is 4.79 Å². The number of fused-ring (bicyclic) bond motifs is 1. The number of carbonyl (C=O) groups excluding carboxylic acids is 1. The summed E-state index contributed by atoms with van der Waals surface area (Å²) in [4.78, 5) is 18.5. The second kappa shape index (κ2) is 10.2. The first-order valence-corrected chi connectivity index (χ1v) is 11.2. The molecular formula is C27H29N3O3. The van der Waals surface area contributed by atoms with Crippen molar-refractivity contribution in [1.82, 2.24) is 14.9 Å². The van der Waals surface area contributed by atoms with Crippen LogP contribution in [-0.2, 0) is 4.79 Å². The Hall–Kier alpha value is -3.80. The van der Waals surface area contributed by atoms with Gasteiger partial charge in [0.1, 0.15) is 11.9 Å². The number of aromatic nitrogens is 2. The summed E-state index contributed by atoms with van der Waals surface area (Å²) in [7, 11) is 3.22. The van der Waals surface area contributed by atoms with Gasteiger partial charge in [-0.1, -0.05) is 61.9 Å². The molecule has 1 unspecified atom stereocenters. The molecule has 4 aromatic rings. The maximum Gasteiger partial charge on any atom is 0.247 e. The number of ether oxygens (including phenoxy) is 2. The number of imidazole rings is 1. The van der Waals surface area contributed by atoms with Crippen LogP contribution >= 0.6 is 0 Å². The van der Waals surface area contributed by atoms with Crippen LogP contribution in [0.3, 0.4) is 0 Å². The number of methoxy groups -OCH3 is 2. The fraction of sp³-hybridized carbons (Fsp3) is 0.259. The van der Waals surface area contributed by atoms with Crippen molar-refractivity contribution < 1.29 is 14.3 Å². The lowest BCUT2D eigenvalue weighted by Gasteiger charge is -2.23. The third kappa shape index (κ3) is 4.42. The molecule has 0 bridgehead atoms. The minimum absolute atomic E-state index is 0.0686. The maximum atomic E-state index is 13.6. The smallest absolute Gasteiger partial charge is 0.247 e. The van der Waals surface area contributed by atoms with Crippen molar-refractivity contribution in [3.63, 3.8) is 0 Å². The predicted octanol–water partition coefficient (Wildman–Crippen LogP) is 5.23. The molecule has 0 spiro atoms. The number of nitrogens with zero attached hydrogens (tertiary/aromatic N) is 2. The van der Waals surface area contributed by atoms with Gasteiger partial charge in [-0.25, -0.2) is 4.98 Å². The Morgan fingerprint density at radius 2 is 1.73 bits per heavy atom. The van der Waals surface area contributed by atoms with Crippen molar-refractivity contribution in [3.8, 4) is 22.9 Å². The van der Waals surface area contributed by atoms with Crippen molar-refractivity contribution in [3.05, 3.63) is 78.4 Å². The molecule has 6 heteroatoms. The van der Waals surface area contributed by atoms with Crippen LogP contribution < -0.4 is 14.8 Å². The van der Waals surface area contributed by atoms with Gasteiger partial charge in [0.05, 0.1) is 30.8 Å². The second-order valence-electron chi connectivity index (χ2n) is 7.79. The predicted molar refractivity (Wildman–Crippen MR) is 131 cm³/mol. The zero-order chi connectivity index (χ0) is 23.2. The van der Waals surface area contributed by atoms with Gasteiger partial charge >= 0.3 is 0 Å². The van der Waals surface area contributed by atoms with E-state index in [4.69, 9.17) is 14.5 Å². The number of rotatable bonds is 9. The van der Waals surface area contributed by atoms with Gasteiger partial charge in [0.2, 0.25) is 5.91 Å². The Bertz CT molecular complexity index is 1230. The molecule has 0 aliphatic carbocycles.